The van der Waals surface area contributed by atoms with Crippen LogP contribution in [0.25, 0.3) is 0 Å². The molecule has 1 aromatic rings. The zero-order chi connectivity index (χ0) is 11.7. The number of benzene rings is 1. The van der Waals surface area contributed by atoms with E-state index in [1.807, 2.05) is 19.1 Å². The Hall–Kier alpha value is -1.51. The van der Waals surface area contributed by atoms with E-state index in [9.17, 15) is 4.79 Å². The summed E-state index contributed by atoms with van der Waals surface area (Å²) in [5.74, 6) is -0.0154. The van der Waals surface area contributed by atoms with Gasteiger partial charge in [-0.3, -0.25) is 0 Å². The number of rotatable bonds is 4. The number of hydrogen-bond donors (Lipinski definition) is 1. The van der Waals surface area contributed by atoms with Crippen molar-refractivity contribution in [1.29, 1.82) is 0 Å². The molecule has 1 aliphatic rings. The predicted octanol–water partition coefficient (Wildman–Crippen LogP) is 2.54. The fourth-order valence-electron chi connectivity index (χ4n) is 1.92. The minimum Gasteiger partial charge on any atom is -0.478 e. The maximum Gasteiger partial charge on any atom is 0.335 e. The molecule has 0 atom stereocenters. The van der Waals surface area contributed by atoms with Gasteiger partial charge in [-0.1, -0.05) is 0 Å². The highest BCUT2D eigenvalue weighted by atomic mass is 16.4. The number of aryl methyl sites for hydroxylation is 1. The molecule has 86 valence electrons. The Morgan fingerprint density at radius 1 is 1.50 bits per heavy atom. The summed E-state index contributed by atoms with van der Waals surface area (Å²) >= 11 is 0. The van der Waals surface area contributed by atoms with E-state index in [0.29, 0.717) is 5.56 Å². The van der Waals surface area contributed by atoms with Crippen LogP contribution < -0.4 is 4.90 Å². The molecule has 1 aromatic carbocycles. The molecule has 1 N–H and O–H groups in total. The highest BCUT2D eigenvalue weighted by Gasteiger charge is 2.23. The lowest BCUT2D eigenvalue weighted by molar-refractivity contribution is 0.0696. The third kappa shape index (κ3) is 2.35. The van der Waals surface area contributed by atoms with Crippen LogP contribution in [0.4, 0.5) is 5.69 Å². The van der Waals surface area contributed by atoms with Crippen molar-refractivity contribution in [1.82, 2.24) is 0 Å². The number of nitrogens with zero attached hydrogens (tertiary/aromatic N) is 1. The SMILES string of the molecule is Cc1cc(N(C)CC2CC2)ccc1C(=O)O. The highest BCUT2D eigenvalue weighted by molar-refractivity contribution is 5.89. The lowest BCUT2D eigenvalue weighted by atomic mass is 10.1. The van der Waals surface area contributed by atoms with E-state index < -0.39 is 5.97 Å². The van der Waals surface area contributed by atoms with E-state index in [-0.39, 0.29) is 0 Å². The molecule has 2 rings (SSSR count). The topological polar surface area (TPSA) is 40.5 Å². The Kier molecular flexibility index (Phi) is 2.86. The summed E-state index contributed by atoms with van der Waals surface area (Å²) < 4.78 is 0. The smallest absolute Gasteiger partial charge is 0.335 e. The summed E-state index contributed by atoms with van der Waals surface area (Å²) in [6.07, 6.45) is 2.66. The minimum absolute atomic E-state index is 0.392. The van der Waals surface area contributed by atoms with Gasteiger partial charge in [0.1, 0.15) is 0 Å². The number of carbonyl (C=O) groups is 1. The van der Waals surface area contributed by atoms with Gasteiger partial charge < -0.3 is 10.0 Å². The second-order valence-electron chi connectivity index (χ2n) is 4.63. The lowest BCUT2D eigenvalue weighted by Gasteiger charge is -2.19. The Labute approximate surface area is 95.7 Å². The standard InChI is InChI=1S/C13H17NO2/c1-9-7-11(5-6-12(9)13(15)16)14(2)8-10-3-4-10/h5-7,10H,3-4,8H2,1-2H3,(H,15,16). The zero-order valence-corrected chi connectivity index (χ0v) is 9.73. The van der Waals surface area contributed by atoms with E-state index in [1.54, 1.807) is 6.07 Å². The number of carboxylic acid groups (broad SMARTS) is 1. The van der Waals surface area contributed by atoms with Crippen LogP contribution in [0.3, 0.4) is 0 Å². The molecule has 3 heteroatoms. The Balaban J connectivity index is 2.15. The van der Waals surface area contributed by atoms with Gasteiger partial charge in [0.25, 0.3) is 0 Å². The molecule has 0 aromatic heterocycles. The summed E-state index contributed by atoms with van der Waals surface area (Å²) in [5, 5.41) is 8.94. The van der Waals surface area contributed by atoms with Gasteiger partial charge >= 0.3 is 5.97 Å². The van der Waals surface area contributed by atoms with Crippen molar-refractivity contribution in [3.05, 3.63) is 29.3 Å². The van der Waals surface area contributed by atoms with Crippen molar-refractivity contribution < 1.29 is 9.90 Å². The van der Waals surface area contributed by atoms with E-state index >= 15 is 0 Å². The second-order valence-corrected chi connectivity index (χ2v) is 4.63. The molecule has 0 bridgehead atoms. The minimum atomic E-state index is -0.853. The number of hydrogen-bond acceptors (Lipinski definition) is 2. The summed E-state index contributed by atoms with van der Waals surface area (Å²) in [4.78, 5) is 13.1. The summed E-state index contributed by atoms with van der Waals surface area (Å²) in [7, 11) is 2.06. The number of anilines is 1. The molecule has 1 saturated carbocycles. The van der Waals surface area contributed by atoms with E-state index in [2.05, 4.69) is 11.9 Å². The molecule has 16 heavy (non-hydrogen) atoms. The van der Waals surface area contributed by atoms with Gasteiger partial charge in [0.2, 0.25) is 0 Å². The van der Waals surface area contributed by atoms with E-state index in [0.717, 1.165) is 23.7 Å². The average molecular weight is 219 g/mol. The monoisotopic (exact) mass is 219 g/mol. The fraction of sp³-hybridized carbons (Fsp3) is 0.462. The van der Waals surface area contributed by atoms with Gasteiger partial charge in [-0.15, -0.1) is 0 Å². The number of aromatic carboxylic acids is 1. The molecular formula is C13H17NO2. The summed E-state index contributed by atoms with van der Waals surface area (Å²) in [6.45, 7) is 2.92. The van der Waals surface area contributed by atoms with Gasteiger partial charge in [0, 0.05) is 19.3 Å². The Morgan fingerprint density at radius 2 is 2.19 bits per heavy atom. The van der Waals surface area contributed by atoms with Crippen molar-refractivity contribution in [2.24, 2.45) is 5.92 Å². The fourth-order valence-corrected chi connectivity index (χ4v) is 1.92. The maximum atomic E-state index is 10.9. The van der Waals surface area contributed by atoms with Crippen LogP contribution >= 0.6 is 0 Å². The summed E-state index contributed by atoms with van der Waals surface area (Å²) in [5.41, 5.74) is 2.32. The van der Waals surface area contributed by atoms with Crippen LogP contribution in [0.15, 0.2) is 18.2 Å². The van der Waals surface area contributed by atoms with Gasteiger partial charge in [0.05, 0.1) is 5.56 Å². The predicted molar refractivity (Wildman–Crippen MR) is 64.1 cm³/mol. The normalized spacial score (nSPS) is 14.9. The molecule has 1 aliphatic carbocycles. The van der Waals surface area contributed by atoms with Crippen molar-refractivity contribution in [2.75, 3.05) is 18.5 Å². The first kappa shape index (κ1) is 11.0. The molecule has 3 nitrogen and oxygen atoms in total. The first-order valence-corrected chi connectivity index (χ1v) is 5.63. The first-order chi connectivity index (χ1) is 7.58. The molecule has 0 spiro atoms. The van der Waals surface area contributed by atoms with E-state index in [4.69, 9.17) is 5.11 Å². The van der Waals surface area contributed by atoms with Crippen LogP contribution in [-0.4, -0.2) is 24.7 Å². The Morgan fingerprint density at radius 3 is 2.69 bits per heavy atom. The highest BCUT2D eigenvalue weighted by Crippen LogP contribution is 2.31. The van der Waals surface area contributed by atoms with Crippen molar-refractivity contribution in [2.45, 2.75) is 19.8 Å². The quantitative estimate of drug-likeness (QED) is 0.846. The molecule has 0 unspecified atom stereocenters. The van der Waals surface area contributed by atoms with Crippen molar-refractivity contribution >= 4 is 11.7 Å². The van der Waals surface area contributed by atoms with Gasteiger partial charge in [-0.05, 0) is 49.4 Å². The maximum absolute atomic E-state index is 10.9. The van der Waals surface area contributed by atoms with Crippen LogP contribution in [0.2, 0.25) is 0 Å². The third-order valence-electron chi connectivity index (χ3n) is 3.11. The first-order valence-electron chi connectivity index (χ1n) is 5.63. The lowest BCUT2D eigenvalue weighted by Crippen LogP contribution is -2.20. The molecule has 1 fully saturated rings. The van der Waals surface area contributed by atoms with Crippen molar-refractivity contribution in [3.8, 4) is 0 Å². The van der Waals surface area contributed by atoms with Crippen LogP contribution in [0.1, 0.15) is 28.8 Å². The second kappa shape index (κ2) is 4.16. The molecular weight excluding hydrogens is 202 g/mol. The van der Waals surface area contributed by atoms with Gasteiger partial charge in [0.15, 0.2) is 0 Å². The van der Waals surface area contributed by atoms with E-state index in [1.165, 1.54) is 12.8 Å². The molecule has 0 aliphatic heterocycles. The average Bonchev–Trinajstić information content (AvgIpc) is 3.00. The summed E-state index contributed by atoms with van der Waals surface area (Å²) in [6, 6.07) is 5.53. The van der Waals surface area contributed by atoms with Crippen LogP contribution in [0, 0.1) is 12.8 Å². The molecule has 0 heterocycles. The number of carboxylic acids is 1. The van der Waals surface area contributed by atoms with Crippen molar-refractivity contribution in [3.63, 3.8) is 0 Å². The largest absolute Gasteiger partial charge is 0.478 e. The molecule has 0 amide bonds. The molecule has 0 saturated heterocycles. The molecule has 0 radical (unpaired) electrons. The third-order valence-corrected chi connectivity index (χ3v) is 3.11. The van der Waals surface area contributed by atoms with Gasteiger partial charge in [-0.25, -0.2) is 4.79 Å². The van der Waals surface area contributed by atoms with Crippen LogP contribution in [0.5, 0.6) is 0 Å². The van der Waals surface area contributed by atoms with Crippen LogP contribution in [-0.2, 0) is 0 Å². The Bertz CT molecular complexity index is 410. The van der Waals surface area contributed by atoms with Gasteiger partial charge in [-0.2, -0.15) is 0 Å². The zero-order valence-electron chi connectivity index (χ0n) is 9.73.